The fourth-order valence-electron chi connectivity index (χ4n) is 1.60. The molecule has 0 N–H and O–H groups in total. The molecule has 0 aliphatic rings. The smallest absolute Gasteiger partial charge is 0.0152 e. The minimum absolute atomic E-state index is 1.11. The Morgan fingerprint density at radius 3 is 2.07 bits per heavy atom. The second kappa shape index (κ2) is 6.23. The normalized spacial score (nSPS) is 9.53. The van der Waals surface area contributed by atoms with E-state index >= 15 is 0 Å². The average molecular weight is 200 g/mol. The number of rotatable bonds is 1. The van der Waals surface area contributed by atoms with Gasteiger partial charge in [0.2, 0.25) is 0 Å². The van der Waals surface area contributed by atoms with Gasteiger partial charge in [0.15, 0.2) is 0 Å². The summed E-state index contributed by atoms with van der Waals surface area (Å²) in [6.45, 7) is 6.45. The molecular weight excluding hydrogens is 180 g/mol. The third kappa shape index (κ3) is 3.09. The van der Waals surface area contributed by atoms with Crippen LogP contribution in [0.25, 0.3) is 10.8 Å². The molecule has 0 heteroatoms. The number of aryl methyl sites for hydroxylation is 1. The van der Waals surface area contributed by atoms with Crippen LogP contribution >= 0.6 is 0 Å². The molecule has 80 valence electrons. The Hall–Kier alpha value is -1.30. The lowest BCUT2D eigenvalue weighted by Gasteiger charge is -2.02. The number of hydrogen-bond donors (Lipinski definition) is 0. The summed E-state index contributed by atoms with van der Waals surface area (Å²) in [6.07, 6.45) is 2.36. The van der Waals surface area contributed by atoms with Crippen molar-refractivity contribution in [1.29, 1.82) is 0 Å². The van der Waals surface area contributed by atoms with E-state index in [-0.39, 0.29) is 0 Å². The Morgan fingerprint density at radius 1 is 0.800 bits per heavy atom. The first-order valence-electron chi connectivity index (χ1n) is 5.80. The van der Waals surface area contributed by atoms with Crippen molar-refractivity contribution in [2.45, 2.75) is 33.6 Å². The lowest BCUT2D eigenvalue weighted by molar-refractivity contribution is 1.09. The molecule has 0 saturated heterocycles. The van der Waals surface area contributed by atoms with Gasteiger partial charge >= 0.3 is 0 Å². The highest BCUT2D eigenvalue weighted by Gasteiger charge is 1.95. The zero-order valence-electron chi connectivity index (χ0n) is 9.96. The van der Waals surface area contributed by atoms with E-state index in [0.29, 0.717) is 0 Å². The summed E-state index contributed by atoms with van der Waals surface area (Å²) in [5.41, 5.74) is 1.44. The van der Waals surface area contributed by atoms with E-state index in [1.54, 1.807) is 0 Å². The fourth-order valence-corrected chi connectivity index (χ4v) is 1.60. The van der Waals surface area contributed by atoms with Gasteiger partial charge in [-0.3, -0.25) is 0 Å². The highest BCUT2D eigenvalue weighted by atomic mass is 14.0. The van der Waals surface area contributed by atoms with Crippen molar-refractivity contribution in [3.8, 4) is 0 Å². The third-order valence-electron chi connectivity index (χ3n) is 2.26. The number of hydrogen-bond acceptors (Lipinski definition) is 0. The molecule has 0 heterocycles. The first kappa shape index (κ1) is 11.8. The van der Waals surface area contributed by atoms with Crippen molar-refractivity contribution in [3.63, 3.8) is 0 Å². The van der Waals surface area contributed by atoms with Crippen LogP contribution in [0.15, 0.2) is 42.5 Å². The van der Waals surface area contributed by atoms with E-state index in [1.165, 1.54) is 22.8 Å². The summed E-state index contributed by atoms with van der Waals surface area (Å²) in [4.78, 5) is 0. The number of benzene rings is 2. The van der Waals surface area contributed by atoms with Gasteiger partial charge in [0.25, 0.3) is 0 Å². The molecule has 0 radical (unpaired) electrons. The maximum atomic E-state index is 2.20. The summed E-state index contributed by atoms with van der Waals surface area (Å²) in [7, 11) is 0. The van der Waals surface area contributed by atoms with Gasteiger partial charge in [0.1, 0.15) is 0 Å². The molecular formula is C15H20. The van der Waals surface area contributed by atoms with E-state index in [4.69, 9.17) is 0 Å². The predicted octanol–water partition coefficient (Wildman–Crippen LogP) is 4.82. The van der Waals surface area contributed by atoms with Crippen molar-refractivity contribution in [2.24, 2.45) is 0 Å². The largest absolute Gasteiger partial charge is 0.0656 e. The van der Waals surface area contributed by atoms with Gasteiger partial charge in [-0.15, -0.1) is 0 Å². The molecule has 0 amide bonds. The van der Waals surface area contributed by atoms with E-state index in [1.807, 2.05) is 0 Å². The van der Waals surface area contributed by atoms with Gasteiger partial charge in [-0.2, -0.15) is 0 Å². The van der Waals surface area contributed by atoms with Crippen molar-refractivity contribution in [1.82, 2.24) is 0 Å². The molecule has 0 nitrogen and oxygen atoms in total. The molecule has 0 atom stereocenters. The van der Waals surface area contributed by atoms with E-state index < -0.39 is 0 Å². The quantitative estimate of drug-likeness (QED) is 0.619. The van der Waals surface area contributed by atoms with Crippen LogP contribution < -0.4 is 0 Å². The highest BCUT2D eigenvalue weighted by Crippen LogP contribution is 2.18. The molecule has 15 heavy (non-hydrogen) atoms. The molecule has 2 aromatic rings. The zero-order valence-corrected chi connectivity index (χ0v) is 9.96. The minimum atomic E-state index is 1.11. The molecule has 0 saturated carbocycles. The first-order valence-corrected chi connectivity index (χ1v) is 5.80. The van der Waals surface area contributed by atoms with Crippen molar-refractivity contribution < 1.29 is 0 Å². The summed E-state index contributed by atoms with van der Waals surface area (Å²) in [6, 6.07) is 15.0. The average Bonchev–Trinajstić information content (AvgIpc) is 2.29. The van der Waals surface area contributed by atoms with Gasteiger partial charge in [-0.1, -0.05) is 69.7 Å². The number of fused-ring (bicyclic) bond motifs is 1. The Bertz CT molecular complexity index is 396. The zero-order chi connectivity index (χ0) is 11.1. The molecule has 0 unspecified atom stereocenters. The topological polar surface area (TPSA) is 0 Å². The maximum absolute atomic E-state index is 2.20. The fraction of sp³-hybridized carbons (Fsp3) is 0.333. The van der Waals surface area contributed by atoms with E-state index in [2.05, 4.69) is 63.2 Å². The van der Waals surface area contributed by atoms with E-state index in [9.17, 15) is 0 Å². The Morgan fingerprint density at radius 2 is 1.40 bits per heavy atom. The van der Waals surface area contributed by atoms with Crippen LogP contribution in [-0.2, 0) is 6.42 Å². The predicted molar refractivity (Wildman–Crippen MR) is 69.3 cm³/mol. The summed E-state index contributed by atoms with van der Waals surface area (Å²) < 4.78 is 0. The summed E-state index contributed by atoms with van der Waals surface area (Å²) in [5.74, 6) is 0. The monoisotopic (exact) mass is 200 g/mol. The molecule has 0 bridgehead atoms. The molecule has 0 aromatic heterocycles. The third-order valence-corrected chi connectivity index (χ3v) is 2.26. The van der Waals surface area contributed by atoms with Crippen LogP contribution in [0.3, 0.4) is 0 Å². The summed E-state index contributed by atoms with van der Waals surface area (Å²) >= 11 is 0. The molecule has 0 aliphatic heterocycles. The second-order valence-electron chi connectivity index (χ2n) is 3.70. The summed E-state index contributed by atoms with van der Waals surface area (Å²) in [5, 5.41) is 2.74. The van der Waals surface area contributed by atoms with Crippen LogP contribution in [0, 0.1) is 0 Å². The molecule has 2 rings (SSSR count). The molecule has 0 spiro atoms. The van der Waals surface area contributed by atoms with Crippen LogP contribution in [-0.4, -0.2) is 0 Å². The Kier molecular flexibility index (Phi) is 4.89. The van der Waals surface area contributed by atoms with Gasteiger partial charge < -0.3 is 0 Å². The minimum Gasteiger partial charge on any atom is -0.0656 e. The molecule has 0 aliphatic carbocycles. The molecule has 2 aromatic carbocycles. The van der Waals surface area contributed by atoms with Gasteiger partial charge in [-0.25, -0.2) is 0 Å². The second-order valence-corrected chi connectivity index (χ2v) is 3.70. The van der Waals surface area contributed by atoms with Crippen LogP contribution in [0.4, 0.5) is 0 Å². The van der Waals surface area contributed by atoms with Crippen LogP contribution in [0.5, 0.6) is 0 Å². The first-order chi connectivity index (χ1) is 7.33. The van der Waals surface area contributed by atoms with Gasteiger partial charge in [0, 0.05) is 0 Å². The molecule has 0 fully saturated rings. The standard InChI is InChI=1S/C12H12.C3H8/c1-2-10-7-5-8-11-6-3-4-9-12(10)11;1-3-2/h3-9H,2H2,1H3;3H2,1-2H3. The SMILES string of the molecule is CCC.CCc1cccc2ccccc12. The van der Waals surface area contributed by atoms with Crippen LogP contribution in [0.1, 0.15) is 32.8 Å². The lowest BCUT2D eigenvalue weighted by Crippen LogP contribution is -1.81. The van der Waals surface area contributed by atoms with Gasteiger partial charge in [0.05, 0.1) is 0 Å². The van der Waals surface area contributed by atoms with Crippen LogP contribution in [0.2, 0.25) is 0 Å². The van der Waals surface area contributed by atoms with Gasteiger partial charge in [-0.05, 0) is 22.8 Å². The van der Waals surface area contributed by atoms with Crippen molar-refractivity contribution >= 4 is 10.8 Å². The van der Waals surface area contributed by atoms with Crippen molar-refractivity contribution in [2.75, 3.05) is 0 Å². The lowest BCUT2D eigenvalue weighted by atomic mass is 10.0. The van der Waals surface area contributed by atoms with Crippen molar-refractivity contribution in [3.05, 3.63) is 48.0 Å². The Balaban J connectivity index is 0.000000337. The Labute approximate surface area is 92.9 Å². The van der Waals surface area contributed by atoms with E-state index in [0.717, 1.165) is 6.42 Å². The highest BCUT2D eigenvalue weighted by molar-refractivity contribution is 5.85. The maximum Gasteiger partial charge on any atom is -0.0152 e.